The summed E-state index contributed by atoms with van der Waals surface area (Å²) in [5.74, 6) is -0.430. The number of hydrogen-bond acceptors (Lipinski definition) is 4. The molecule has 0 saturated heterocycles. The molecule has 0 aliphatic rings. The molecule has 0 fully saturated rings. The Bertz CT molecular complexity index is 579. The molecule has 0 spiro atoms. The second kappa shape index (κ2) is 6.70. The molecule has 1 heterocycles. The van der Waals surface area contributed by atoms with Crippen LogP contribution in [0, 0.1) is 0 Å². The third-order valence-electron chi connectivity index (χ3n) is 3.08. The molecular formula is C16H18N2O2. The summed E-state index contributed by atoms with van der Waals surface area (Å²) in [5, 5.41) is 3.27. The van der Waals surface area contributed by atoms with E-state index >= 15 is 0 Å². The van der Waals surface area contributed by atoms with Crippen molar-refractivity contribution < 1.29 is 9.53 Å². The molecule has 0 aliphatic heterocycles. The van der Waals surface area contributed by atoms with Crippen molar-refractivity contribution in [1.29, 1.82) is 0 Å². The summed E-state index contributed by atoms with van der Waals surface area (Å²) in [6.07, 6.45) is 2.63. The first-order chi connectivity index (χ1) is 9.72. The predicted octanol–water partition coefficient (Wildman–Crippen LogP) is 3.04. The van der Waals surface area contributed by atoms with Crippen molar-refractivity contribution in [2.75, 3.05) is 12.4 Å². The van der Waals surface area contributed by atoms with Gasteiger partial charge in [-0.3, -0.25) is 0 Å². The molecule has 0 amide bonds. The molecular weight excluding hydrogens is 252 g/mol. The Morgan fingerprint density at radius 2 is 1.90 bits per heavy atom. The number of aryl methyl sites for hydroxylation is 1. The normalized spacial score (nSPS) is 10.1. The van der Waals surface area contributed by atoms with Crippen LogP contribution in [0.2, 0.25) is 0 Å². The quantitative estimate of drug-likeness (QED) is 0.848. The minimum absolute atomic E-state index is 0.304. The molecule has 4 heteroatoms. The van der Waals surface area contributed by atoms with E-state index in [1.807, 2.05) is 6.07 Å². The van der Waals surface area contributed by atoms with Crippen molar-refractivity contribution in [3.63, 3.8) is 0 Å². The zero-order valence-electron chi connectivity index (χ0n) is 11.7. The van der Waals surface area contributed by atoms with Gasteiger partial charge in [-0.15, -0.1) is 0 Å². The number of anilines is 1. The summed E-state index contributed by atoms with van der Waals surface area (Å²) < 4.78 is 4.65. The number of aromatic nitrogens is 1. The first kappa shape index (κ1) is 14.1. The fraction of sp³-hybridized carbons (Fsp3) is 0.250. The van der Waals surface area contributed by atoms with Crippen molar-refractivity contribution in [3.05, 3.63) is 59.4 Å². The maximum atomic E-state index is 11.4. The lowest BCUT2D eigenvalue weighted by Crippen LogP contribution is -2.06. The van der Waals surface area contributed by atoms with Crippen LogP contribution in [0.15, 0.2) is 42.6 Å². The monoisotopic (exact) mass is 270 g/mol. The smallest absolute Gasteiger partial charge is 0.356 e. The molecule has 1 N–H and O–H groups in total. The van der Waals surface area contributed by atoms with E-state index in [0.29, 0.717) is 12.2 Å². The number of esters is 1. The molecule has 0 unspecified atom stereocenters. The van der Waals surface area contributed by atoms with E-state index in [1.165, 1.54) is 18.2 Å². The third kappa shape index (κ3) is 3.57. The van der Waals surface area contributed by atoms with Crippen LogP contribution in [-0.2, 0) is 17.7 Å². The Kier molecular flexibility index (Phi) is 4.71. The van der Waals surface area contributed by atoms with Crippen molar-refractivity contribution in [2.24, 2.45) is 0 Å². The van der Waals surface area contributed by atoms with Gasteiger partial charge in [-0.1, -0.05) is 31.2 Å². The number of methoxy groups -OCH3 is 1. The van der Waals surface area contributed by atoms with E-state index in [4.69, 9.17) is 0 Å². The van der Waals surface area contributed by atoms with E-state index in [0.717, 1.165) is 12.1 Å². The van der Waals surface area contributed by atoms with E-state index < -0.39 is 5.97 Å². The van der Waals surface area contributed by atoms with Crippen molar-refractivity contribution >= 4 is 11.7 Å². The number of carbonyl (C=O) groups is 1. The maximum absolute atomic E-state index is 11.4. The summed E-state index contributed by atoms with van der Waals surface area (Å²) in [5.41, 5.74) is 3.67. The number of nitrogens with one attached hydrogen (secondary N) is 1. The molecule has 2 aromatic rings. The zero-order chi connectivity index (χ0) is 14.4. The lowest BCUT2D eigenvalue weighted by Gasteiger charge is -2.08. The molecule has 1 aromatic carbocycles. The van der Waals surface area contributed by atoms with E-state index in [2.05, 4.69) is 46.2 Å². The zero-order valence-corrected chi connectivity index (χ0v) is 11.7. The Hall–Kier alpha value is -2.36. The Balaban J connectivity index is 2.01. The molecule has 20 heavy (non-hydrogen) atoms. The fourth-order valence-electron chi connectivity index (χ4n) is 1.85. The summed E-state index contributed by atoms with van der Waals surface area (Å²) in [4.78, 5) is 15.4. The van der Waals surface area contributed by atoms with Crippen LogP contribution in [0.5, 0.6) is 0 Å². The van der Waals surface area contributed by atoms with Crippen LogP contribution < -0.4 is 5.32 Å². The SMILES string of the molecule is CCc1ccc(CNc2ccnc(C(=O)OC)c2)cc1. The summed E-state index contributed by atoms with van der Waals surface area (Å²) >= 11 is 0. The fourth-order valence-corrected chi connectivity index (χ4v) is 1.85. The molecule has 0 radical (unpaired) electrons. The average molecular weight is 270 g/mol. The minimum atomic E-state index is -0.430. The highest BCUT2D eigenvalue weighted by atomic mass is 16.5. The number of carbonyl (C=O) groups excluding carboxylic acids is 1. The third-order valence-corrected chi connectivity index (χ3v) is 3.08. The second-order valence-electron chi connectivity index (χ2n) is 4.44. The van der Waals surface area contributed by atoms with Crippen molar-refractivity contribution in [3.8, 4) is 0 Å². The molecule has 0 aliphatic carbocycles. The lowest BCUT2D eigenvalue weighted by molar-refractivity contribution is 0.0594. The van der Waals surface area contributed by atoms with Crippen LogP contribution in [0.25, 0.3) is 0 Å². The first-order valence-electron chi connectivity index (χ1n) is 6.59. The predicted molar refractivity (Wildman–Crippen MR) is 78.7 cm³/mol. The van der Waals surface area contributed by atoms with Crippen LogP contribution in [-0.4, -0.2) is 18.1 Å². The Morgan fingerprint density at radius 3 is 2.55 bits per heavy atom. The molecule has 2 rings (SSSR count). The molecule has 0 atom stereocenters. The van der Waals surface area contributed by atoms with Gasteiger partial charge in [0.2, 0.25) is 0 Å². The highest BCUT2D eigenvalue weighted by molar-refractivity contribution is 5.88. The lowest BCUT2D eigenvalue weighted by atomic mass is 10.1. The highest BCUT2D eigenvalue weighted by Crippen LogP contribution is 2.12. The summed E-state index contributed by atoms with van der Waals surface area (Å²) in [6, 6.07) is 12.0. The Labute approximate surface area is 118 Å². The number of pyridine rings is 1. The molecule has 1 aromatic heterocycles. The second-order valence-corrected chi connectivity index (χ2v) is 4.44. The van der Waals surface area contributed by atoms with Gasteiger partial charge >= 0.3 is 5.97 Å². The van der Waals surface area contributed by atoms with Gasteiger partial charge in [0.15, 0.2) is 0 Å². The average Bonchev–Trinajstić information content (AvgIpc) is 2.53. The largest absolute Gasteiger partial charge is 0.464 e. The van der Waals surface area contributed by atoms with Crippen LogP contribution in [0.4, 0.5) is 5.69 Å². The highest BCUT2D eigenvalue weighted by Gasteiger charge is 2.07. The van der Waals surface area contributed by atoms with Crippen molar-refractivity contribution in [2.45, 2.75) is 19.9 Å². The van der Waals surface area contributed by atoms with Gasteiger partial charge in [0, 0.05) is 18.4 Å². The minimum Gasteiger partial charge on any atom is -0.464 e. The molecule has 0 saturated carbocycles. The summed E-state index contributed by atoms with van der Waals surface area (Å²) in [7, 11) is 1.35. The Morgan fingerprint density at radius 1 is 1.20 bits per heavy atom. The number of rotatable bonds is 5. The topological polar surface area (TPSA) is 51.2 Å². The van der Waals surface area contributed by atoms with Gasteiger partial charge in [0.25, 0.3) is 0 Å². The van der Waals surface area contributed by atoms with E-state index in [-0.39, 0.29) is 0 Å². The first-order valence-corrected chi connectivity index (χ1v) is 6.59. The van der Waals surface area contributed by atoms with Crippen LogP contribution in [0.3, 0.4) is 0 Å². The number of ether oxygens (including phenoxy) is 1. The summed E-state index contributed by atoms with van der Waals surface area (Å²) in [6.45, 7) is 2.84. The molecule has 4 nitrogen and oxygen atoms in total. The van der Waals surface area contributed by atoms with Crippen LogP contribution in [0.1, 0.15) is 28.5 Å². The van der Waals surface area contributed by atoms with E-state index in [9.17, 15) is 4.79 Å². The number of hydrogen-bond donors (Lipinski definition) is 1. The van der Waals surface area contributed by atoms with Gasteiger partial charge in [0.05, 0.1) is 7.11 Å². The maximum Gasteiger partial charge on any atom is 0.356 e. The van der Waals surface area contributed by atoms with Crippen LogP contribution >= 0.6 is 0 Å². The van der Waals surface area contributed by atoms with Gasteiger partial charge < -0.3 is 10.1 Å². The molecule has 104 valence electrons. The van der Waals surface area contributed by atoms with Gasteiger partial charge in [-0.05, 0) is 29.7 Å². The van der Waals surface area contributed by atoms with Gasteiger partial charge in [-0.25, -0.2) is 9.78 Å². The number of benzene rings is 1. The van der Waals surface area contributed by atoms with Crippen molar-refractivity contribution in [1.82, 2.24) is 4.98 Å². The molecule has 0 bridgehead atoms. The standard InChI is InChI=1S/C16H18N2O2/c1-3-12-4-6-13(7-5-12)11-18-14-8-9-17-15(10-14)16(19)20-2/h4-10H,3,11H2,1-2H3,(H,17,18). The number of nitrogens with zero attached hydrogens (tertiary/aromatic N) is 1. The van der Waals surface area contributed by atoms with E-state index in [1.54, 1.807) is 12.3 Å². The van der Waals surface area contributed by atoms with Gasteiger partial charge in [-0.2, -0.15) is 0 Å². The van der Waals surface area contributed by atoms with Gasteiger partial charge in [0.1, 0.15) is 5.69 Å².